The topological polar surface area (TPSA) is 41.5 Å². The van der Waals surface area contributed by atoms with E-state index in [1.54, 1.807) is 7.11 Å². The van der Waals surface area contributed by atoms with Crippen LogP contribution in [0, 0.1) is 0 Å². The summed E-state index contributed by atoms with van der Waals surface area (Å²) in [6.07, 6.45) is 5.74. The number of fused-ring (bicyclic) bond motifs is 1. The molecule has 1 fully saturated rings. The third kappa shape index (κ3) is 1.69. The number of hydrogen-bond donors (Lipinski definition) is 2. The Kier molecular flexibility index (Phi) is 2.71. The Labute approximate surface area is 102 Å². The van der Waals surface area contributed by atoms with E-state index in [4.69, 9.17) is 4.74 Å². The molecule has 1 aromatic carbocycles. The van der Waals surface area contributed by atoms with E-state index in [1.807, 2.05) is 6.07 Å². The first kappa shape index (κ1) is 10.9. The van der Waals surface area contributed by atoms with E-state index < -0.39 is 0 Å². The Bertz CT molecular complexity index is 436. The Morgan fingerprint density at radius 2 is 2.12 bits per heavy atom. The molecule has 0 bridgehead atoms. The summed E-state index contributed by atoms with van der Waals surface area (Å²) < 4.78 is 5.34. The molecule has 0 spiro atoms. The second-order valence-corrected chi connectivity index (χ2v) is 4.98. The number of nitrogens with one attached hydrogen (secondary N) is 1. The molecule has 0 radical (unpaired) electrons. The summed E-state index contributed by atoms with van der Waals surface area (Å²) in [6, 6.07) is 2.34. The Balaban J connectivity index is 2.10. The van der Waals surface area contributed by atoms with Gasteiger partial charge in [0.15, 0.2) is 11.5 Å². The highest BCUT2D eigenvalue weighted by atomic mass is 16.5. The van der Waals surface area contributed by atoms with Crippen LogP contribution in [0.5, 0.6) is 11.5 Å². The number of benzene rings is 1. The zero-order chi connectivity index (χ0) is 11.8. The summed E-state index contributed by atoms with van der Waals surface area (Å²) in [4.78, 5) is 0. The molecule has 1 atom stereocenters. The minimum absolute atomic E-state index is 0.303. The molecule has 0 saturated carbocycles. The lowest BCUT2D eigenvalue weighted by Gasteiger charge is -2.18. The van der Waals surface area contributed by atoms with Crippen LogP contribution in [0.15, 0.2) is 6.07 Å². The molecule has 2 N–H and O–H groups in total. The normalized spacial score (nSPS) is 22.8. The number of ether oxygens (including phenoxy) is 1. The van der Waals surface area contributed by atoms with Crippen molar-refractivity contribution in [2.75, 3.05) is 13.7 Å². The zero-order valence-corrected chi connectivity index (χ0v) is 10.3. The fourth-order valence-corrected chi connectivity index (χ4v) is 3.26. The number of hydrogen-bond acceptors (Lipinski definition) is 3. The summed E-state index contributed by atoms with van der Waals surface area (Å²) >= 11 is 0. The first-order chi connectivity index (χ1) is 8.31. The van der Waals surface area contributed by atoms with E-state index in [1.165, 1.54) is 36.0 Å². The van der Waals surface area contributed by atoms with Crippen LogP contribution < -0.4 is 10.1 Å². The van der Waals surface area contributed by atoms with Gasteiger partial charge in [0.2, 0.25) is 0 Å². The van der Waals surface area contributed by atoms with Crippen LogP contribution in [0.4, 0.5) is 0 Å². The van der Waals surface area contributed by atoms with Gasteiger partial charge in [0.25, 0.3) is 0 Å². The van der Waals surface area contributed by atoms with Crippen LogP contribution in [0.3, 0.4) is 0 Å². The van der Waals surface area contributed by atoms with Crippen LogP contribution in [-0.2, 0) is 12.8 Å². The first-order valence-electron chi connectivity index (χ1n) is 6.46. The predicted molar refractivity (Wildman–Crippen MR) is 66.7 cm³/mol. The highest BCUT2D eigenvalue weighted by Crippen LogP contribution is 2.43. The molecule has 0 aromatic heterocycles. The van der Waals surface area contributed by atoms with Gasteiger partial charge in [0, 0.05) is 11.6 Å². The van der Waals surface area contributed by atoms with E-state index in [2.05, 4.69) is 5.32 Å². The molecule has 1 aromatic rings. The Morgan fingerprint density at radius 3 is 2.82 bits per heavy atom. The van der Waals surface area contributed by atoms with Crippen molar-refractivity contribution in [2.24, 2.45) is 0 Å². The molecule has 1 aliphatic heterocycles. The standard InChI is InChI=1S/C14H19NO2/c1-17-14-10-5-2-4-9(10)11(8-13(14)16)12-6-3-7-15-12/h8,12,15-16H,2-7H2,1H3/t12-/m0/s1. The van der Waals surface area contributed by atoms with Gasteiger partial charge >= 0.3 is 0 Å². The van der Waals surface area contributed by atoms with Gasteiger partial charge in [-0.05, 0) is 55.8 Å². The van der Waals surface area contributed by atoms with Crippen LogP contribution >= 0.6 is 0 Å². The van der Waals surface area contributed by atoms with Crippen molar-refractivity contribution in [3.05, 3.63) is 22.8 Å². The minimum atomic E-state index is 0.303. The predicted octanol–water partition coefficient (Wildman–Crippen LogP) is 2.31. The maximum Gasteiger partial charge on any atom is 0.163 e. The van der Waals surface area contributed by atoms with Gasteiger partial charge in [-0.25, -0.2) is 0 Å². The Morgan fingerprint density at radius 1 is 1.29 bits per heavy atom. The zero-order valence-electron chi connectivity index (χ0n) is 10.3. The molecule has 3 heteroatoms. The lowest BCUT2D eigenvalue weighted by atomic mass is 9.95. The summed E-state index contributed by atoms with van der Waals surface area (Å²) in [5, 5.41) is 13.6. The smallest absolute Gasteiger partial charge is 0.163 e. The van der Waals surface area contributed by atoms with Crippen LogP contribution in [-0.4, -0.2) is 18.8 Å². The number of rotatable bonds is 2. The molecule has 2 aliphatic rings. The van der Waals surface area contributed by atoms with E-state index in [0.29, 0.717) is 17.5 Å². The van der Waals surface area contributed by atoms with Crippen LogP contribution in [0.1, 0.15) is 42.0 Å². The van der Waals surface area contributed by atoms with Gasteiger partial charge in [0.05, 0.1) is 7.11 Å². The van der Waals surface area contributed by atoms with Crippen molar-refractivity contribution >= 4 is 0 Å². The third-order valence-electron chi connectivity index (χ3n) is 4.01. The summed E-state index contributed by atoms with van der Waals surface area (Å²) in [6.45, 7) is 1.09. The van der Waals surface area contributed by atoms with E-state index in [-0.39, 0.29) is 0 Å². The van der Waals surface area contributed by atoms with Crippen molar-refractivity contribution in [3.8, 4) is 11.5 Å². The number of aromatic hydroxyl groups is 1. The molecule has 92 valence electrons. The molecular weight excluding hydrogens is 214 g/mol. The quantitative estimate of drug-likeness (QED) is 0.823. The summed E-state index contributed by atoms with van der Waals surface area (Å²) in [7, 11) is 1.64. The van der Waals surface area contributed by atoms with E-state index in [0.717, 1.165) is 19.4 Å². The molecular formula is C14H19NO2. The molecule has 1 heterocycles. The van der Waals surface area contributed by atoms with Gasteiger partial charge in [-0.3, -0.25) is 0 Å². The monoisotopic (exact) mass is 233 g/mol. The lowest BCUT2D eigenvalue weighted by molar-refractivity contribution is 0.369. The van der Waals surface area contributed by atoms with E-state index >= 15 is 0 Å². The highest BCUT2D eigenvalue weighted by molar-refractivity contribution is 5.56. The fourth-order valence-electron chi connectivity index (χ4n) is 3.26. The minimum Gasteiger partial charge on any atom is -0.504 e. The molecule has 3 nitrogen and oxygen atoms in total. The van der Waals surface area contributed by atoms with Gasteiger partial charge in [0.1, 0.15) is 0 Å². The van der Waals surface area contributed by atoms with Gasteiger partial charge in [-0.1, -0.05) is 0 Å². The second-order valence-electron chi connectivity index (χ2n) is 4.98. The summed E-state index contributed by atoms with van der Waals surface area (Å²) in [5.74, 6) is 0.996. The molecule has 0 amide bonds. The van der Waals surface area contributed by atoms with Crippen molar-refractivity contribution < 1.29 is 9.84 Å². The molecule has 1 aliphatic carbocycles. The van der Waals surface area contributed by atoms with Gasteiger partial charge in [-0.15, -0.1) is 0 Å². The van der Waals surface area contributed by atoms with Gasteiger partial charge in [-0.2, -0.15) is 0 Å². The van der Waals surface area contributed by atoms with Crippen LogP contribution in [0.2, 0.25) is 0 Å². The SMILES string of the molecule is COc1c(O)cc([C@@H]2CCCN2)c2c1CCC2. The van der Waals surface area contributed by atoms with Crippen molar-refractivity contribution in [3.63, 3.8) is 0 Å². The van der Waals surface area contributed by atoms with Crippen molar-refractivity contribution in [2.45, 2.75) is 38.1 Å². The molecule has 1 saturated heterocycles. The van der Waals surface area contributed by atoms with Crippen molar-refractivity contribution in [1.29, 1.82) is 0 Å². The maximum absolute atomic E-state index is 10.1. The Hall–Kier alpha value is -1.22. The van der Waals surface area contributed by atoms with E-state index in [9.17, 15) is 5.11 Å². The third-order valence-corrected chi connectivity index (χ3v) is 4.01. The largest absolute Gasteiger partial charge is 0.504 e. The lowest BCUT2D eigenvalue weighted by Crippen LogP contribution is -2.15. The number of phenolic OH excluding ortho intramolecular Hbond substituents is 1. The highest BCUT2D eigenvalue weighted by Gasteiger charge is 2.27. The fraction of sp³-hybridized carbons (Fsp3) is 0.571. The van der Waals surface area contributed by atoms with Gasteiger partial charge < -0.3 is 15.2 Å². The second kappa shape index (κ2) is 4.22. The van der Waals surface area contributed by atoms with Crippen LogP contribution in [0.25, 0.3) is 0 Å². The molecule has 0 unspecified atom stereocenters. The number of methoxy groups -OCH3 is 1. The molecule has 3 rings (SSSR count). The number of phenols is 1. The molecule has 17 heavy (non-hydrogen) atoms. The average molecular weight is 233 g/mol. The summed E-state index contributed by atoms with van der Waals surface area (Å²) in [5.41, 5.74) is 3.95. The first-order valence-corrected chi connectivity index (χ1v) is 6.46. The van der Waals surface area contributed by atoms with Crippen molar-refractivity contribution in [1.82, 2.24) is 5.32 Å². The average Bonchev–Trinajstić information content (AvgIpc) is 2.99. The maximum atomic E-state index is 10.1.